The monoisotopic (exact) mass is 346 g/mol. The number of piperazine rings is 1. The first-order chi connectivity index (χ1) is 11.7. The van der Waals surface area contributed by atoms with Crippen LogP contribution in [0.1, 0.15) is 15.2 Å². The number of benzene rings is 1. The quantitative estimate of drug-likeness (QED) is 0.835. The summed E-state index contributed by atoms with van der Waals surface area (Å²) in [6.45, 7) is 4.07. The molecule has 128 valence electrons. The van der Waals surface area contributed by atoms with Gasteiger partial charge >= 0.3 is 0 Å². The molecular weight excluding hydrogens is 324 g/mol. The summed E-state index contributed by atoms with van der Waals surface area (Å²) in [7, 11) is 3.33. The van der Waals surface area contributed by atoms with Gasteiger partial charge in [-0.15, -0.1) is 11.3 Å². The average molecular weight is 346 g/mol. The van der Waals surface area contributed by atoms with Gasteiger partial charge in [0, 0.05) is 44.4 Å². The molecule has 1 amide bonds. The molecule has 0 spiro atoms. The zero-order valence-electron chi connectivity index (χ0n) is 14.0. The lowest BCUT2D eigenvalue weighted by atomic mass is 10.1. The van der Waals surface area contributed by atoms with Crippen LogP contribution < -0.4 is 9.47 Å². The highest BCUT2D eigenvalue weighted by molar-refractivity contribution is 7.12. The summed E-state index contributed by atoms with van der Waals surface area (Å²) < 4.78 is 10.7. The number of ether oxygens (including phenoxy) is 2. The minimum atomic E-state index is 0.145. The Morgan fingerprint density at radius 2 is 1.92 bits per heavy atom. The van der Waals surface area contributed by atoms with Gasteiger partial charge in [0.1, 0.15) is 11.5 Å². The minimum absolute atomic E-state index is 0.145. The number of rotatable bonds is 5. The van der Waals surface area contributed by atoms with E-state index in [4.69, 9.17) is 9.47 Å². The molecule has 0 N–H and O–H groups in total. The van der Waals surface area contributed by atoms with Gasteiger partial charge < -0.3 is 14.4 Å². The van der Waals surface area contributed by atoms with Gasteiger partial charge in [-0.3, -0.25) is 9.69 Å². The number of hydrogen-bond acceptors (Lipinski definition) is 5. The van der Waals surface area contributed by atoms with E-state index in [0.717, 1.165) is 54.7 Å². The minimum Gasteiger partial charge on any atom is -0.497 e. The molecule has 0 radical (unpaired) electrons. The molecule has 3 rings (SSSR count). The maximum absolute atomic E-state index is 12.4. The van der Waals surface area contributed by atoms with Crippen molar-refractivity contribution in [1.82, 2.24) is 9.80 Å². The summed E-state index contributed by atoms with van der Waals surface area (Å²) in [4.78, 5) is 17.5. The Morgan fingerprint density at radius 1 is 1.12 bits per heavy atom. The molecule has 0 bridgehead atoms. The van der Waals surface area contributed by atoms with Crippen LogP contribution in [-0.2, 0) is 6.54 Å². The molecule has 1 aliphatic heterocycles. The van der Waals surface area contributed by atoms with Gasteiger partial charge in [0.05, 0.1) is 19.1 Å². The molecule has 0 aliphatic carbocycles. The van der Waals surface area contributed by atoms with Crippen molar-refractivity contribution in [2.24, 2.45) is 0 Å². The number of methoxy groups -OCH3 is 2. The van der Waals surface area contributed by atoms with Gasteiger partial charge in [0.2, 0.25) is 0 Å². The molecule has 1 fully saturated rings. The van der Waals surface area contributed by atoms with Gasteiger partial charge in [-0.1, -0.05) is 12.1 Å². The Balaban J connectivity index is 1.58. The highest BCUT2D eigenvalue weighted by Crippen LogP contribution is 2.26. The average Bonchev–Trinajstić information content (AvgIpc) is 3.16. The van der Waals surface area contributed by atoms with Crippen molar-refractivity contribution in [2.75, 3.05) is 40.4 Å². The largest absolute Gasteiger partial charge is 0.497 e. The van der Waals surface area contributed by atoms with E-state index in [9.17, 15) is 4.79 Å². The highest BCUT2D eigenvalue weighted by atomic mass is 32.1. The molecule has 5 nitrogen and oxygen atoms in total. The van der Waals surface area contributed by atoms with Crippen molar-refractivity contribution in [3.63, 3.8) is 0 Å². The van der Waals surface area contributed by atoms with E-state index in [-0.39, 0.29) is 5.91 Å². The van der Waals surface area contributed by atoms with Crippen LogP contribution in [0.5, 0.6) is 11.5 Å². The summed E-state index contributed by atoms with van der Waals surface area (Å²) in [6, 6.07) is 9.72. The predicted octanol–water partition coefficient (Wildman–Crippen LogP) is 2.72. The van der Waals surface area contributed by atoms with E-state index in [1.54, 1.807) is 14.2 Å². The molecule has 24 heavy (non-hydrogen) atoms. The summed E-state index contributed by atoms with van der Waals surface area (Å²) in [6.07, 6.45) is 0. The van der Waals surface area contributed by atoms with Crippen molar-refractivity contribution < 1.29 is 14.3 Å². The highest BCUT2D eigenvalue weighted by Gasteiger charge is 2.23. The Labute approximate surface area is 146 Å². The fourth-order valence-electron chi connectivity index (χ4n) is 2.89. The lowest BCUT2D eigenvalue weighted by molar-refractivity contribution is 0.0632. The Morgan fingerprint density at radius 3 is 2.54 bits per heavy atom. The topological polar surface area (TPSA) is 42.0 Å². The molecule has 0 atom stereocenters. The van der Waals surface area contributed by atoms with Crippen LogP contribution in [0.4, 0.5) is 0 Å². The van der Waals surface area contributed by atoms with E-state index >= 15 is 0 Å². The number of amides is 1. The smallest absolute Gasteiger partial charge is 0.264 e. The van der Waals surface area contributed by atoms with Crippen LogP contribution in [-0.4, -0.2) is 56.1 Å². The Kier molecular flexibility index (Phi) is 5.37. The third-order valence-electron chi connectivity index (χ3n) is 4.28. The lowest BCUT2D eigenvalue weighted by Crippen LogP contribution is -2.48. The van der Waals surface area contributed by atoms with E-state index in [2.05, 4.69) is 4.90 Å². The van der Waals surface area contributed by atoms with Crippen LogP contribution in [0, 0.1) is 0 Å². The third kappa shape index (κ3) is 3.71. The predicted molar refractivity (Wildman–Crippen MR) is 95.0 cm³/mol. The Hall–Kier alpha value is -2.05. The van der Waals surface area contributed by atoms with Gasteiger partial charge in [-0.05, 0) is 17.5 Å². The third-order valence-corrected chi connectivity index (χ3v) is 5.14. The van der Waals surface area contributed by atoms with Gasteiger partial charge in [-0.25, -0.2) is 0 Å². The molecule has 2 aromatic rings. The summed E-state index contributed by atoms with van der Waals surface area (Å²) in [5.74, 6) is 1.78. The van der Waals surface area contributed by atoms with Crippen LogP contribution in [0.15, 0.2) is 35.7 Å². The van der Waals surface area contributed by atoms with E-state index < -0.39 is 0 Å². The first kappa shape index (κ1) is 16.8. The fraction of sp³-hybridized carbons (Fsp3) is 0.389. The number of carbonyl (C=O) groups is 1. The Bertz CT molecular complexity index is 680. The number of hydrogen-bond donors (Lipinski definition) is 0. The van der Waals surface area contributed by atoms with Gasteiger partial charge in [0.15, 0.2) is 0 Å². The van der Waals surface area contributed by atoms with Crippen LogP contribution in [0.2, 0.25) is 0 Å². The number of carbonyl (C=O) groups excluding carboxylic acids is 1. The zero-order valence-corrected chi connectivity index (χ0v) is 14.8. The van der Waals surface area contributed by atoms with Crippen molar-refractivity contribution >= 4 is 17.2 Å². The maximum atomic E-state index is 12.4. The lowest BCUT2D eigenvalue weighted by Gasteiger charge is -2.34. The van der Waals surface area contributed by atoms with Crippen LogP contribution in [0.25, 0.3) is 0 Å². The van der Waals surface area contributed by atoms with Crippen LogP contribution >= 0.6 is 11.3 Å². The van der Waals surface area contributed by atoms with Crippen molar-refractivity contribution in [3.8, 4) is 11.5 Å². The second-order valence-electron chi connectivity index (χ2n) is 5.72. The number of thiophene rings is 1. The second-order valence-corrected chi connectivity index (χ2v) is 6.67. The molecule has 1 saturated heterocycles. The fourth-order valence-corrected chi connectivity index (χ4v) is 3.58. The normalized spacial score (nSPS) is 15.3. The van der Waals surface area contributed by atoms with Crippen LogP contribution in [0.3, 0.4) is 0 Å². The molecule has 0 unspecified atom stereocenters. The van der Waals surface area contributed by atoms with Crippen molar-refractivity contribution in [3.05, 3.63) is 46.2 Å². The molecule has 1 aliphatic rings. The van der Waals surface area contributed by atoms with Gasteiger partial charge in [-0.2, -0.15) is 0 Å². The molecule has 1 aromatic carbocycles. The first-order valence-corrected chi connectivity index (χ1v) is 8.85. The van der Waals surface area contributed by atoms with E-state index in [1.165, 1.54) is 11.3 Å². The number of nitrogens with zero attached hydrogens (tertiary/aromatic N) is 2. The second kappa shape index (κ2) is 7.68. The summed E-state index contributed by atoms with van der Waals surface area (Å²) in [5.41, 5.74) is 1.14. The first-order valence-electron chi connectivity index (χ1n) is 7.97. The van der Waals surface area contributed by atoms with E-state index in [1.807, 2.05) is 40.6 Å². The molecule has 6 heteroatoms. The SMILES string of the molecule is COc1ccc(CN2CCN(C(=O)c3cccs3)CC2)c(OC)c1. The van der Waals surface area contributed by atoms with Crippen molar-refractivity contribution in [1.29, 1.82) is 0 Å². The summed E-state index contributed by atoms with van der Waals surface area (Å²) in [5, 5.41) is 1.94. The van der Waals surface area contributed by atoms with Gasteiger partial charge in [0.25, 0.3) is 5.91 Å². The maximum Gasteiger partial charge on any atom is 0.264 e. The molecule has 1 aromatic heterocycles. The molecule has 0 saturated carbocycles. The van der Waals surface area contributed by atoms with Crippen molar-refractivity contribution in [2.45, 2.75) is 6.54 Å². The standard InChI is InChI=1S/C18H22N2O3S/c1-22-15-6-5-14(16(12-15)23-2)13-19-7-9-20(10-8-19)18(21)17-4-3-11-24-17/h3-6,11-12H,7-10,13H2,1-2H3. The zero-order chi connectivity index (χ0) is 16.9. The summed E-state index contributed by atoms with van der Waals surface area (Å²) >= 11 is 1.50. The van der Waals surface area contributed by atoms with E-state index in [0.29, 0.717) is 0 Å². The molecular formula is C18H22N2O3S. The molecule has 2 heterocycles.